The molecule has 0 fully saturated rings. The molecule has 0 unspecified atom stereocenters. The van der Waals surface area contributed by atoms with Crippen LogP contribution in [0.4, 0.5) is 5.69 Å². The molecule has 0 aliphatic carbocycles. The minimum absolute atomic E-state index is 0.188. The van der Waals surface area contributed by atoms with Crippen LogP contribution in [0.25, 0.3) is 0 Å². The molecule has 4 nitrogen and oxygen atoms in total. The van der Waals surface area contributed by atoms with Gasteiger partial charge < -0.3 is 16.4 Å². The Morgan fingerprint density at radius 3 is 2.39 bits per heavy atom. The Balaban J connectivity index is 3.10. The van der Waals surface area contributed by atoms with E-state index in [-0.39, 0.29) is 18.5 Å². The molecule has 5 heteroatoms. The summed E-state index contributed by atoms with van der Waals surface area (Å²) < 4.78 is 0. The highest BCUT2D eigenvalue weighted by Gasteiger charge is 2.14. The van der Waals surface area contributed by atoms with Crippen molar-refractivity contribution in [2.45, 2.75) is 26.8 Å². The average Bonchev–Trinajstić information content (AvgIpc) is 2.24. The molecule has 1 aromatic carbocycles. The molecule has 4 N–H and O–H groups in total. The average molecular weight is 265 g/mol. The number of thiocarbonyl (C=S) groups is 1. The summed E-state index contributed by atoms with van der Waals surface area (Å²) in [5, 5.41) is 0. The van der Waals surface area contributed by atoms with Crippen LogP contribution < -0.4 is 16.4 Å². The Hall–Kier alpha value is -1.62. The summed E-state index contributed by atoms with van der Waals surface area (Å²) in [4.78, 5) is 13.4. The van der Waals surface area contributed by atoms with Crippen molar-refractivity contribution in [2.24, 2.45) is 11.5 Å². The number of anilines is 1. The normalized spacial score (nSPS) is 10.4. The highest BCUT2D eigenvalue weighted by Crippen LogP contribution is 2.21. The van der Waals surface area contributed by atoms with Gasteiger partial charge in [-0.15, -0.1) is 0 Å². The molecule has 1 amide bonds. The van der Waals surface area contributed by atoms with E-state index >= 15 is 0 Å². The number of hydrogen-bond acceptors (Lipinski definition) is 3. The zero-order valence-corrected chi connectivity index (χ0v) is 11.8. The van der Waals surface area contributed by atoms with Crippen LogP contribution in [0.1, 0.15) is 25.0 Å². The first-order chi connectivity index (χ1) is 8.32. The van der Waals surface area contributed by atoms with Gasteiger partial charge in [0.2, 0.25) is 5.91 Å². The Morgan fingerprint density at radius 1 is 1.39 bits per heavy atom. The van der Waals surface area contributed by atoms with Gasteiger partial charge in [0.25, 0.3) is 0 Å². The first-order valence-electron chi connectivity index (χ1n) is 5.78. The maximum absolute atomic E-state index is 11.1. The second kappa shape index (κ2) is 5.82. The van der Waals surface area contributed by atoms with Crippen LogP contribution in [0.3, 0.4) is 0 Å². The zero-order chi connectivity index (χ0) is 13.9. The molecule has 0 aliphatic heterocycles. The standard InChI is InChI=1S/C13H19N3OS/c1-8(2)16(7-12(14)17)10-4-5-11(13(15)18)9(3)6-10/h4-6,8H,7H2,1-3H3,(H2,14,17)(H2,15,18). The molecule has 0 aliphatic rings. The minimum atomic E-state index is -0.347. The number of nitrogens with zero attached hydrogens (tertiary/aromatic N) is 1. The lowest BCUT2D eigenvalue weighted by Crippen LogP contribution is -2.38. The van der Waals surface area contributed by atoms with Gasteiger partial charge in [-0.3, -0.25) is 4.79 Å². The fraction of sp³-hybridized carbons (Fsp3) is 0.385. The molecule has 1 aromatic rings. The largest absolute Gasteiger partial charge is 0.389 e. The molecule has 0 saturated carbocycles. The lowest BCUT2D eigenvalue weighted by molar-refractivity contribution is -0.116. The van der Waals surface area contributed by atoms with Crippen LogP contribution in [0.5, 0.6) is 0 Å². The Bertz CT molecular complexity index is 471. The first kappa shape index (κ1) is 14.4. The number of amides is 1. The zero-order valence-electron chi connectivity index (χ0n) is 10.9. The van der Waals surface area contributed by atoms with Crippen molar-refractivity contribution in [3.63, 3.8) is 0 Å². The van der Waals surface area contributed by atoms with E-state index < -0.39 is 0 Å². The number of primary amides is 1. The number of rotatable bonds is 5. The predicted molar refractivity (Wildman–Crippen MR) is 78.7 cm³/mol. The summed E-state index contributed by atoms with van der Waals surface area (Å²) in [7, 11) is 0. The van der Waals surface area contributed by atoms with E-state index in [0.717, 1.165) is 16.8 Å². The number of benzene rings is 1. The van der Waals surface area contributed by atoms with E-state index in [1.807, 2.05) is 43.9 Å². The smallest absolute Gasteiger partial charge is 0.236 e. The maximum atomic E-state index is 11.1. The Labute approximate surface area is 113 Å². The number of carbonyl (C=O) groups excluding carboxylic acids is 1. The lowest BCUT2D eigenvalue weighted by atomic mass is 10.1. The fourth-order valence-electron chi connectivity index (χ4n) is 1.84. The lowest BCUT2D eigenvalue weighted by Gasteiger charge is -2.28. The molecular weight excluding hydrogens is 246 g/mol. The van der Waals surface area contributed by atoms with Crippen molar-refractivity contribution in [3.8, 4) is 0 Å². The number of aryl methyl sites for hydroxylation is 1. The summed E-state index contributed by atoms with van der Waals surface area (Å²) >= 11 is 4.97. The third kappa shape index (κ3) is 3.43. The summed E-state index contributed by atoms with van der Waals surface area (Å²) in [5.41, 5.74) is 13.7. The molecule has 0 saturated heterocycles. The van der Waals surface area contributed by atoms with Gasteiger partial charge in [-0.25, -0.2) is 0 Å². The number of hydrogen-bond donors (Lipinski definition) is 2. The van der Waals surface area contributed by atoms with E-state index in [1.54, 1.807) is 0 Å². The summed E-state index contributed by atoms with van der Waals surface area (Å²) in [6.07, 6.45) is 0. The van der Waals surface area contributed by atoms with Gasteiger partial charge >= 0.3 is 0 Å². The van der Waals surface area contributed by atoms with E-state index in [1.165, 1.54) is 0 Å². The van der Waals surface area contributed by atoms with Crippen molar-refractivity contribution in [1.29, 1.82) is 0 Å². The third-order valence-electron chi connectivity index (χ3n) is 2.76. The maximum Gasteiger partial charge on any atom is 0.236 e. The van der Waals surface area contributed by atoms with Gasteiger partial charge in [0.1, 0.15) is 4.99 Å². The molecular formula is C13H19N3OS. The van der Waals surface area contributed by atoms with Crippen molar-refractivity contribution in [3.05, 3.63) is 29.3 Å². The van der Waals surface area contributed by atoms with Gasteiger partial charge in [0.15, 0.2) is 0 Å². The number of nitrogens with two attached hydrogens (primary N) is 2. The molecule has 0 bridgehead atoms. The molecule has 0 heterocycles. The Morgan fingerprint density at radius 2 is 2.00 bits per heavy atom. The fourth-order valence-corrected chi connectivity index (χ4v) is 2.07. The van der Waals surface area contributed by atoms with Crippen molar-refractivity contribution in [1.82, 2.24) is 0 Å². The van der Waals surface area contributed by atoms with Crippen LogP contribution in [0, 0.1) is 6.92 Å². The second-order valence-electron chi connectivity index (χ2n) is 4.55. The van der Waals surface area contributed by atoms with E-state index in [0.29, 0.717) is 4.99 Å². The molecule has 0 aromatic heterocycles. The molecule has 0 radical (unpaired) electrons. The van der Waals surface area contributed by atoms with E-state index in [2.05, 4.69) is 0 Å². The van der Waals surface area contributed by atoms with Crippen molar-refractivity contribution >= 4 is 28.8 Å². The van der Waals surface area contributed by atoms with Gasteiger partial charge in [0.05, 0.1) is 6.54 Å². The van der Waals surface area contributed by atoms with Gasteiger partial charge in [0, 0.05) is 17.3 Å². The molecule has 1 rings (SSSR count). The van der Waals surface area contributed by atoms with Gasteiger partial charge in [-0.2, -0.15) is 0 Å². The van der Waals surface area contributed by atoms with Gasteiger partial charge in [-0.1, -0.05) is 12.2 Å². The predicted octanol–water partition coefficient (Wildman–Crippen LogP) is 1.33. The van der Waals surface area contributed by atoms with Crippen LogP contribution in [0.2, 0.25) is 0 Å². The van der Waals surface area contributed by atoms with Gasteiger partial charge in [-0.05, 0) is 44.5 Å². The molecule has 0 atom stereocenters. The highest BCUT2D eigenvalue weighted by atomic mass is 32.1. The molecule has 18 heavy (non-hydrogen) atoms. The van der Waals surface area contributed by atoms with E-state index in [4.69, 9.17) is 23.7 Å². The second-order valence-corrected chi connectivity index (χ2v) is 4.99. The molecule has 0 spiro atoms. The summed E-state index contributed by atoms with van der Waals surface area (Å²) in [5.74, 6) is -0.347. The van der Waals surface area contributed by atoms with Crippen LogP contribution in [-0.4, -0.2) is 23.5 Å². The SMILES string of the molecule is Cc1cc(N(CC(N)=O)C(C)C)ccc1C(N)=S. The van der Waals surface area contributed by atoms with E-state index in [9.17, 15) is 4.79 Å². The van der Waals surface area contributed by atoms with Crippen LogP contribution >= 0.6 is 12.2 Å². The highest BCUT2D eigenvalue weighted by molar-refractivity contribution is 7.80. The van der Waals surface area contributed by atoms with Crippen LogP contribution in [0.15, 0.2) is 18.2 Å². The summed E-state index contributed by atoms with van der Waals surface area (Å²) in [6.45, 7) is 6.17. The van der Waals surface area contributed by atoms with Crippen LogP contribution in [-0.2, 0) is 4.79 Å². The monoisotopic (exact) mass is 265 g/mol. The quantitative estimate of drug-likeness (QED) is 0.788. The number of carbonyl (C=O) groups is 1. The summed E-state index contributed by atoms with van der Waals surface area (Å²) in [6, 6.07) is 5.94. The topological polar surface area (TPSA) is 72.3 Å². The third-order valence-corrected chi connectivity index (χ3v) is 2.98. The van der Waals surface area contributed by atoms with Crippen molar-refractivity contribution in [2.75, 3.05) is 11.4 Å². The molecule has 98 valence electrons. The van der Waals surface area contributed by atoms with Crippen molar-refractivity contribution < 1.29 is 4.79 Å². The minimum Gasteiger partial charge on any atom is -0.389 e. The Kier molecular flexibility index (Phi) is 4.67. The first-order valence-corrected chi connectivity index (χ1v) is 6.19.